The van der Waals surface area contributed by atoms with E-state index in [1.807, 2.05) is 0 Å². The molecule has 0 atom stereocenters. The van der Waals surface area contributed by atoms with Crippen molar-refractivity contribution in [1.29, 1.82) is 5.41 Å². The average molecular weight is 233 g/mol. The Bertz CT molecular complexity index is 661. The molecule has 2 aromatic rings. The largest absolute Gasteiger partial charge is 0.438 e. The Balaban J connectivity index is 2.92. The number of aliphatic hydroxyl groups is 1. The molecule has 0 saturated carbocycles. The van der Waals surface area contributed by atoms with Crippen molar-refractivity contribution in [1.82, 2.24) is 4.98 Å². The van der Waals surface area contributed by atoms with Crippen LogP contribution in [0.5, 0.6) is 0 Å². The van der Waals surface area contributed by atoms with Crippen LogP contribution in [0.1, 0.15) is 21.6 Å². The summed E-state index contributed by atoms with van der Waals surface area (Å²) < 4.78 is 5.24. The van der Waals surface area contributed by atoms with Crippen molar-refractivity contribution >= 4 is 16.9 Å². The van der Waals surface area contributed by atoms with E-state index in [4.69, 9.17) is 20.7 Å². The predicted octanol–water partition coefficient (Wildman–Crippen LogP) is 0.207. The molecule has 0 bridgehead atoms. The fourth-order valence-corrected chi connectivity index (χ4v) is 1.61. The third-order valence-electron chi connectivity index (χ3n) is 2.48. The van der Waals surface area contributed by atoms with Crippen LogP contribution < -0.4 is 11.3 Å². The SMILES string of the molecule is Cc1cnc(CO)c2cc(C(N)=O)c(=N)oc12. The molecule has 0 unspecified atom stereocenters. The van der Waals surface area contributed by atoms with Gasteiger partial charge in [-0.3, -0.25) is 15.2 Å². The smallest absolute Gasteiger partial charge is 0.254 e. The molecule has 0 aliphatic heterocycles. The highest BCUT2D eigenvalue weighted by molar-refractivity contribution is 5.96. The van der Waals surface area contributed by atoms with E-state index in [1.165, 1.54) is 6.07 Å². The minimum absolute atomic E-state index is 0.0281. The van der Waals surface area contributed by atoms with Crippen molar-refractivity contribution in [2.45, 2.75) is 13.5 Å². The number of fused-ring (bicyclic) bond motifs is 1. The zero-order valence-electron chi connectivity index (χ0n) is 9.15. The molecule has 2 heterocycles. The number of aromatic nitrogens is 1. The van der Waals surface area contributed by atoms with Gasteiger partial charge in [0.1, 0.15) is 11.1 Å². The summed E-state index contributed by atoms with van der Waals surface area (Å²) >= 11 is 0. The van der Waals surface area contributed by atoms with E-state index in [0.717, 1.165) is 5.56 Å². The van der Waals surface area contributed by atoms with Gasteiger partial charge in [0.2, 0.25) is 5.55 Å². The lowest BCUT2D eigenvalue weighted by Crippen LogP contribution is -2.21. The lowest BCUT2D eigenvalue weighted by molar-refractivity contribution is 0.0996. The Morgan fingerprint density at radius 3 is 2.94 bits per heavy atom. The van der Waals surface area contributed by atoms with Gasteiger partial charge in [-0.2, -0.15) is 0 Å². The first kappa shape index (κ1) is 11.3. The lowest BCUT2D eigenvalue weighted by Gasteiger charge is -2.06. The molecule has 2 aromatic heterocycles. The van der Waals surface area contributed by atoms with Gasteiger partial charge in [0, 0.05) is 17.1 Å². The zero-order chi connectivity index (χ0) is 12.6. The molecule has 17 heavy (non-hydrogen) atoms. The number of nitrogens with zero attached hydrogens (tertiary/aromatic N) is 1. The summed E-state index contributed by atoms with van der Waals surface area (Å²) in [5, 5.41) is 17.2. The quantitative estimate of drug-likeness (QED) is 0.687. The number of aliphatic hydroxyl groups excluding tert-OH is 1. The van der Waals surface area contributed by atoms with E-state index in [0.29, 0.717) is 16.7 Å². The van der Waals surface area contributed by atoms with Crippen LogP contribution in [0.3, 0.4) is 0 Å². The summed E-state index contributed by atoms with van der Waals surface area (Å²) in [7, 11) is 0. The van der Waals surface area contributed by atoms with Gasteiger partial charge in [0.15, 0.2) is 0 Å². The van der Waals surface area contributed by atoms with Crippen molar-refractivity contribution in [2.75, 3.05) is 0 Å². The first-order valence-electron chi connectivity index (χ1n) is 4.92. The number of primary amides is 1. The normalized spacial score (nSPS) is 10.7. The topological polar surface area (TPSA) is 113 Å². The van der Waals surface area contributed by atoms with E-state index in [2.05, 4.69) is 4.98 Å². The summed E-state index contributed by atoms with van der Waals surface area (Å²) in [4.78, 5) is 15.1. The maximum atomic E-state index is 11.1. The Hall–Kier alpha value is -2.21. The minimum Gasteiger partial charge on any atom is -0.438 e. The number of aryl methyl sites for hydroxylation is 1. The number of hydrogen-bond donors (Lipinski definition) is 3. The van der Waals surface area contributed by atoms with Crippen LogP contribution in [-0.2, 0) is 6.61 Å². The summed E-state index contributed by atoms with van der Waals surface area (Å²) in [6.07, 6.45) is 1.54. The monoisotopic (exact) mass is 233 g/mol. The molecule has 0 aromatic carbocycles. The second-order valence-corrected chi connectivity index (χ2v) is 3.64. The fourth-order valence-electron chi connectivity index (χ4n) is 1.61. The fraction of sp³-hybridized carbons (Fsp3) is 0.182. The summed E-state index contributed by atoms with van der Waals surface area (Å²) in [6, 6.07) is 1.43. The van der Waals surface area contributed by atoms with Gasteiger partial charge < -0.3 is 15.3 Å². The highest BCUT2D eigenvalue weighted by atomic mass is 16.3. The number of amides is 1. The van der Waals surface area contributed by atoms with Crippen LogP contribution in [0, 0.1) is 12.3 Å². The van der Waals surface area contributed by atoms with Gasteiger partial charge in [0.05, 0.1) is 12.3 Å². The maximum Gasteiger partial charge on any atom is 0.254 e. The van der Waals surface area contributed by atoms with Crippen molar-refractivity contribution in [2.24, 2.45) is 5.73 Å². The third kappa shape index (κ3) is 1.78. The van der Waals surface area contributed by atoms with Crippen LogP contribution in [0.15, 0.2) is 16.7 Å². The van der Waals surface area contributed by atoms with Crippen molar-refractivity contribution in [3.8, 4) is 0 Å². The molecular weight excluding hydrogens is 222 g/mol. The highest BCUT2D eigenvalue weighted by Crippen LogP contribution is 2.20. The molecule has 0 radical (unpaired) electrons. The number of rotatable bonds is 2. The maximum absolute atomic E-state index is 11.1. The van der Waals surface area contributed by atoms with Crippen LogP contribution in [-0.4, -0.2) is 16.0 Å². The first-order chi connectivity index (χ1) is 8.04. The molecule has 1 amide bonds. The number of pyridine rings is 1. The van der Waals surface area contributed by atoms with E-state index in [9.17, 15) is 4.79 Å². The molecule has 6 heteroatoms. The van der Waals surface area contributed by atoms with Crippen molar-refractivity contribution < 1.29 is 14.3 Å². The Labute approximate surface area is 96.2 Å². The second-order valence-electron chi connectivity index (χ2n) is 3.64. The number of nitrogens with two attached hydrogens (primary N) is 1. The second kappa shape index (κ2) is 3.99. The zero-order valence-corrected chi connectivity index (χ0v) is 9.15. The molecule has 0 spiro atoms. The molecule has 2 rings (SSSR count). The van der Waals surface area contributed by atoms with Crippen molar-refractivity contribution in [3.63, 3.8) is 0 Å². The van der Waals surface area contributed by atoms with Gasteiger partial charge in [-0.15, -0.1) is 0 Å². The molecule has 0 aliphatic carbocycles. The average Bonchev–Trinajstić information content (AvgIpc) is 2.29. The standard InChI is InChI=1S/C11H11N3O3/c1-5-3-14-8(4-15)6-2-7(10(12)16)11(13)17-9(5)6/h2-3,13,15H,4H2,1H3,(H2,12,16). The molecule has 88 valence electrons. The van der Waals surface area contributed by atoms with E-state index in [-0.39, 0.29) is 17.7 Å². The van der Waals surface area contributed by atoms with E-state index in [1.54, 1.807) is 13.1 Å². The van der Waals surface area contributed by atoms with E-state index >= 15 is 0 Å². The van der Waals surface area contributed by atoms with Crippen LogP contribution in [0.4, 0.5) is 0 Å². The predicted molar refractivity (Wildman–Crippen MR) is 59.0 cm³/mol. The summed E-state index contributed by atoms with van der Waals surface area (Å²) in [5.41, 5.74) is 6.36. The van der Waals surface area contributed by atoms with Crippen LogP contribution in [0.2, 0.25) is 0 Å². The molecule has 6 nitrogen and oxygen atoms in total. The van der Waals surface area contributed by atoms with Gasteiger partial charge in [-0.1, -0.05) is 0 Å². The Morgan fingerprint density at radius 2 is 2.35 bits per heavy atom. The highest BCUT2D eigenvalue weighted by Gasteiger charge is 2.12. The van der Waals surface area contributed by atoms with Gasteiger partial charge >= 0.3 is 0 Å². The molecule has 0 fully saturated rings. The minimum atomic E-state index is -0.744. The number of carbonyl (C=O) groups is 1. The number of carbonyl (C=O) groups excluding carboxylic acids is 1. The molecule has 4 N–H and O–H groups in total. The van der Waals surface area contributed by atoms with E-state index < -0.39 is 5.91 Å². The summed E-state index contributed by atoms with van der Waals surface area (Å²) in [5.74, 6) is -0.744. The number of hydrogen-bond acceptors (Lipinski definition) is 5. The Kier molecular flexibility index (Phi) is 2.64. The third-order valence-corrected chi connectivity index (χ3v) is 2.48. The lowest BCUT2D eigenvalue weighted by atomic mass is 10.1. The van der Waals surface area contributed by atoms with Crippen LogP contribution in [0.25, 0.3) is 11.0 Å². The number of nitrogens with one attached hydrogen (secondary N) is 1. The van der Waals surface area contributed by atoms with Crippen molar-refractivity contribution in [3.05, 3.63) is 34.6 Å². The summed E-state index contributed by atoms with van der Waals surface area (Å²) in [6.45, 7) is 1.49. The molecule has 0 saturated heterocycles. The molecular formula is C11H11N3O3. The van der Waals surface area contributed by atoms with Crippen LogP contribution >= 0.6 is 0 Å². The van der Waals surface area contributed by atoms with Gasteiger partial charge in [0.25, 0.3) is 5.91 Å². The van der Waals surface area contributed by atoms with Gasteiger partial charge in [-0.05, 0) is 13.0 Å². The first-order valence-corrected chi connectivity index (χ1v) is 4.92. The Morgan fingerprint density at radius 1 is 1.65 bits per heavy atom. The van der Waals surface area contributed by atoms with Gasteiger partial charge in [-0.25, -0.2) is 0 Å². The molecule has 0 aliphatic rings.